The number of rotatable bonds is 4. The third-order valence-corrected chi connectivity index (χ3v) is 4.42. The molecule has 1 aliphatic heterocycles. The van der Waals surface area contributed by atoms with Crippen molar-refractivity contribution in [3.63, 3.8) is 0 Å². The molecule has 1 saturated heterocycles. The molecule has 1 aliphatic carbocycles. The Morgan fingerprint density at radius 2 is 2.28 bits per heavy atom. The highest BCUT2D eigenvalue weighted by atomic mass is 32.1. The predicted molar refractivity (Wildman–Crippen MR) is 69.1 cm³/mol. The van der Waals surface area contributed by atoms with Crippen molar-refractivity contribution in [1.82, 2.24) is 9.36 Å². The maximum atomic E-state index is 10.8. The van der Waals surface area contributed by atoms with E-state index >= 15 is 0 Å². The number of piperidine rings is 1. The van der Waals surface area contributed by atoms with Crippen LogP contribution in [0.15, 0.2) is 0 Å². The molecule has 1 unspecified atom stereocenters. The summed E-state index contributed by atoms with van der Waals surface area (Å²) in [7, 11) is 0. The van der Waals surface area contributed by atoms with Gasteiger partial charge in [0.05, 0.1) is 0 Å². The minimum Gasteiger partial charge on any atom is -0.481 e. The summed E-state index contributed by atoms with van der Waals surface area (Å²) in [5.41, 5.74) is 0. The van der Waals surface area contributed by atoms with E-state index in [2.05, 4.69) is 14.3 Å². The Hall–Kier alpha value is -1.17. The van der Waals surface area contributed by atoms with Crippen molar-refractivity contribution in [2.75, 3.05) is 18.0 Å². The molecule has 18 heavy (non-hydrogen) atoms. The molecule has 1 N–H and O–H groups in total. The number of hydrogen-bond donors (Lipinski definition) is 1. The molecule has 2 heterocycles. The van der Waals surface area contributed by atoms with Crippen molar-refractivity contribution >= 4 is 22.6 Å². The number of aliphatic carboxylic acids is 1. The third-order valence-electron chi connectivity index (χ3n) is 3.63. The average molecular weight is 267 g/mol. The molecule has 6 heteroatoms. The van der Waals surface area contributed by atoms with E-state index < -0.39 is 5.97 Å². The van der Waals surface area contributed by atoms with Gasteiger partial charge in [-0.3, -0.25) is 4.79 Å². The van der Waals surface area contributed by atoms with E-state index in [1.165, 1.54) is 24.4 Å². The van der Waals surface area contributed by atoms with Crippen molar-refractivity contribution < 1.29 is 9.90 Å². The average Bonchev–Trinajstić information content (AvgIpc) is 3.07. The van der Waals surface area contributed by atoms with Crippen LogP contribution in [0.25, 0.3) is 0 Å². The minimum atomic E-state index is -0.696. The Bertz CT molecular complexity index is 444. The molecule has 2 aliphatic rings. The van der Waals surface area contributed by atoms with Crippen LogP contribution in [0.1, 0.15) is 43.8 Å². The topological polar surface area (TPSA) is 66.3 Å². The largest absolute Gasteiger partial charge is 0.481 e. The van der Waals surface area contributed by atoms with Crippen molar-refractivity contribution in [1.29, 1.82) is 0 Å². The monoisotopic (exact) mass is 267 g/mol. The van der Waals surface area contributed by atoms with Gasteiger partial charge >= 0.3 is 5.97 Å². The summed E-state index contributed by atoms with van der Waals surface area (Å²) in [6.45, 7) is 1.79. The van der Waals surface area contributed by atoms with Crippen LogP contribution in [0.4, 0.5) is 5.13 Å². The summed E-state index contributed by atoms with van der Waals surface area (Å²) in [6.07, 6.45) is 4.77. The van der Waals surface area contributed by atoms with Gasteiger partial charge in [-0.05, 0) is 31.6 Å². The van der Waals surface area contributed by atoms with Crippen LogP contribution in [-0.4, -0.2) is 33.5 Å². The number of hydrogen-bond acceptors (Lipinski definition) is 5. The first-order chi connectivity index (χ1) is 8.72. The molecule has 0 aromatic carbocycles. The minimum absolute atomic E-state index is 0.254. The fraction of sp³-hybridized carbons (Fsp3) is 0.750. The lowest BCUT2D eigenvalue weighted by atomic mass is 9.95. The summed E-state index contributed by atoms with van der Waals surface area (Å²) in [6, 6.07) is 0. The van der Waals surface area contributed by atoms with Crippen LogP contribution >= 0.6 is 11.5 Å². The first-order valence-corrected chi connectivity index (χ1v) is 7.30. The molecule has 1 aromatic heterocycles. The summed E-state index contributed by atoms with van der Waals surface area (Å²) in [4.78, 5) is 17.6. The van der Waals surface area contributed by atoms with Crippen LogP contribution in [-0.2, 0) is 4.79 Å². The van der Waals surface area contributed by atoms with Gasteiger partial charge in [0.25, 0.3) is 0 Å². The number of carboxylic acids is 1. The molecule has 98 valence electrons. The second-order valence-corrected chi connectivity index (χ2v) is 5.99. The highest BCUT2D eigenvalue weighted by molar-refractivity contribution is 7.09. The second kappa shape index (κ2) is 4.84. The molecule has 1 saturated carbocycles. The van der Waals surface area contributed by atoms with Gasteiger partial charge in [-0.25, -0.2) is 4.98 Å². The summed E-state index contributed by atoms with van der Waals surface area (Å²) in [5, 5.41) is 9.84. The second-order valence-electron chi connectivity index (χ2n) is 5.26. The van der Waals surface area contributed by atoms with Gasteiger partial charge < -0.3 is 10.0 Å². The molecule has 1 atom stereocenters. The number of aromatic nitrogens is 2. The normalized spacial score (nSPS) is 24.2. The smallest absolute Gasteiger partial charge is 0.303 e. The van der Waals surface area contributed by atoms with Gasteiger partial charge in [-0.1, -0.05) is 0 Å². The maximum Gasteiger partial charge on any atom is 0.303 e. The maximum absolute atomic E-state index is 10.8. The van der Waals surface area contributed by atoms with Crippen LogP contribution in [0.5, 0.6) is 0 Å². The highest BCUT2D eigenvalue weighted by Gasteiger charge is 2.30. The van der Waals surface area contributed by atoms with E-state index in [-0.39, 0.29) is 12.3 Å². The fourth-order valence-corrected chi connectivity index (χ4v) is 3.30. The van der Waals surface area contributed by atoms with E-state index in [1.807, 2.05) is 0 Å². The van der Waals surface area contributed by atoms with Gasteiger partial charge in [0, 0.05) is 37.0 Å². The van der Waals surface area contributed by atoms with Gasteiger partial charge in [0.1, 0.15) is 5.82 Å². The van der Waals surface area contributed by atoms with Gasteiger partial charge in [0.2, 0.25) is 5.13 Å². The van der Waals surface area contributed by atoms with Crippen LogP contribution < -0.4 is 4.90 Å². The Kier molecular flexibility index (Phi) is 3.20. The molecule has 0 spiro atoms. The first-order valence-electron chi connectivity index (χ1n) is 6.52. The number of carbonyl (C=O) groups is 1. The van der Waals surface area contributed by atoms with Crippen molar-refractivity contribution in [3.8, 4) is 0 Å². The van der Waals surface area contributed by atoms with Gasteiger partial charge in [-0.15, -0.1) is 0 Å². The van der Waals surface area contributed by atoms with Crippen LogP contribution in [0.3, 0.4) is 0 Å². The molecule has 0 radical (unpaired) electrons. The number of anilines is 1. The molecule has 2 fully saturated rings. The zero-order chi connectivity index (χ0) is 12.5. The molecule has 0 bridgehead atoms. The summed E-state index contributed by atoms with van der Waals surface area (Å²) < 4.78 is 4.41. The van der Waals surface area contributed by atoms with E-state index in [0.717, 1.165) is 36.9 Å². The van der Waals surface area contributed by atoms with Crippen molar-refractivity contribution in [2.24, 2.45) is 5.92 Å². The van der Waals surface area contributed by atoms with Crippen molar-refractivity contribution in [2.45, 2.75) is 38.0 Å². The lowest BCUT2D eigenvalue weighted by molar-refractivity contribution is -0.138. The Balaban J connectivity index is 1.64. The fourth-order valence-electron chi connectivity index (χ4n) is 2.51. The molecular weight excluding hydrogens is 250 g/mol. The van der Waals surface area contributed by atoms with Gasteiger partial charge in [-0.2, -0.15) is 4.37 Å². The Morgan fingerprint density at radius 3 is 3.00 bits per heavy atom. The Morgan fingerprint density at radius 1 is 1.44 bits per heavy atom. The van der Waals surface area contributed by atoms with E-state index in [0.29, 0.717) is 5.92 Å². The quantitative estimate of drug-likeness (QED) is 0.905. The van der Waals surface area contributed by atoms with Crippen LogP contribution in [0.2, 0.25) is 0 Å². The Labute approximate surface area is 110 Å². The van der Waals surface area contributed by atoms with Crippen molar-refractivity contribution in [3.05, 3.63) is 5.82 Å². The number of nitrogens with zero attached hydrogens (tertiary/aromatic N) is 3. The summed E-state index contributed by atoms with van der Waals surface area (Å²) >= 11 is 1.46. The van der Waals surface area contributed by atoms with E-state index in [1.54, 1.807) is 0 Å². The lowest BCUT2D eigenvalue weighted by Crippen LogP contribution is -2.36. The zero-order valence-electron chi connectivity index (χ0n) is 10.2. The first kappa shape index (κ1) is 11.9. The van der Waals surface area contributed by atoms with Gasteiger partial charge in [0.15, 0.2) is 0 Å². The third kappa shape index (κ3) is 2.63. The molecule has 0 amide bonds. The standard InChI is InChI=1S/C12H17N3O2S/c16-10(17)6-8-2-1-5-15(7-8)12-13-11(14-18-12)9-3-4-9/h8-9H,1-7H2,(H,16,17). The zero-order valence-corrected chi connectivity index (χ0v) is 11.0. The summed E-state index contributed by atoms with van der Waals surface area (Å²) in [5.74, 6) is 1.15. The molecule has 3 rings (SSSR count). The molecule has 1 aromatic rings. The molecule has 5 nitrogen and oxygen atoms in total. The highest BCUT2D eigenvalue weighted by Crippen LogP contribution is 2.40. The molecular formula is C12H17N3O2S. The van der Waals surface area contributed by atoms with E-state index in [9.17, 15) is 4.79 Å². The number of carboxylic acid groups (broad SMARTS) is 1. The lowest BCUT2D eigenvalue weighted by Gasteiger charge is -2.31. The SMILES string of the molecule is O=C(O)CC1CCCN(c2nc(C3CC3)ns2)C1. The predicted octanol–water partition coefficient (Wildman–Crippen LogP) is 2.11. The van der Waals surface area contributed by atoms with E-state index in [4.69, 9.17) is 5.11 Å². The van der Waals surface area contributed by atoms with Crippen LogP contribution in [0, 0.1) is 5.92 Å².